The molecule has 0 saturated heterocycles. The number of carbonyl (C=O) groups is 1. The van der Waals surface area contributed by atoms with Crippen LogP contribution in [-0.2, 0) is 4.79 Å². The molecule has 134 valence electrons. The van der Waals surface area contributed by atoms with E-state index in [-0.39, 0.29) is 5.97 Å². The molecule has 0 saturated carbocycles. The minimum Gasteiger partial charge on any atom is -0.427 e. The highest BCUT2D eigenvalue weighted by Gasteiger charge is 2.06. The summed E-state index contributed by atoms with van der Waals surface area (Å²) in [6.07, 6.45) is 4.95. The van der Waals surface area contributed by atoms with Crippen molar-refractivity contribution in [2.24, 2.45) is 0 Å². The summed E-state index contributed by atoms with van der Waals surface area (Å²) in [4.78, 5) is 13.6. The molecule has 0 fully saturated rings. The zero-order valence-electron chi connectivity index (χ0n) is 15.0. The first-order chi connectivity index (χ1) is 13.2. The minimum atomic E-state index is -0.224. The van der Waals surface area contributed by atoms with E-state index in [9.17, 15) is 4.79 Å². The fraction of sp³-hybridized carbons (Fsp3) is 0.130. The third kappa shape index (κ3) is 4.93. The number of thiophene rings is 1. The van der Waals surface area contributed by atoms with Crippen molar-refractivity contribution in [2.75, 3.05) is 0 Å². The summed E-state index contributed by atoms with van der Waals surface area (Å²) >= 11 is 1.49. The molecule has 0 amide bonds. The lowest BCUT2D eigenvalue weighted by atomic mass is 10.0. The van der Waals surface area contributed by atoms with Crippen LogP contribution in [0.4, 0.5) is 0 Å². The van der Waals surface area contributed by atoms with Crippen LogP contribution < -0.4 is 4.74 Å². The van der Waals surface area contributed by atoms with Crippen LogP contribution in [0.2, 0.25) is 0 Å². The summed E-state index contributed by atoms with van der Waals surface area (Å²) in [7, 11) is 0. The Bertz CT molecular complexity index is 976. The Morgan fingerprint density at radius 3 is 2.22 bits per heavy atom. The van der Waals surface area contributed by atoms with E-state index in [0.29, 0.717) is 23.5 Å². The van der Waals surface area contributed by atoms with Crippen LogP contribution in [0.25, 0.3) is 21.6 Å². The number of rotatable bonds is 6. The van der Waals surface area contributed by atoms with E-state index in [2.05, 4.69) is 30.3 Å². The van der Waals surface area contributed by atoms with Crippen LogP contribution in [-0.4, -0.2) is 5.97 Å². The maximum atomic E-state index is 11.8. The van der Waals surface area contributed by atoms with E-state index in [4.69, 9.17) is 10.00 Å². The van der Waals surface area contributed by atoms with Crippen LogP contribution in [0, 0.1) is 11.3 Å². The average Bonchev–Trinajstić information content (AvgIpc) is 3.18. The minimum absolute atomic E-state index is 0.224. The van der Waals surface area contributed by atoms with Crippen molar-refractivity contribution >= 4 is 17.3 Å². The van der Waals surface area contributed by atoms with Gasteiger partial charge in [-0.1, -0.05) is 48.6 Å². The van der Waals surface area contributed by atoms with Gasteiger partial charge in [0, 0.05) is 11.3 Å². The summed E-state index contributed by atoms with van der Waals surface area (Å²) < 4.78 is 5.34. The number of hydrogen-bond acceptors (Lipinski definition) is 4. The van der Waals surface area contributed by atoms with E-state index in [1.807, 2.05) is 55.5 Å². The molecule has 0 radical (unpaired) electrons. The standard InChI is InChI=1S/C23H19NO2S/c1-2-3-4-5-23(25)26-20-12-10-18(11-13-20)17-6-8-19(9-7-17)22-15-14-21(16-24)27-22/h2-3,6-15H,4-5H2,1H3/b3-2+. The lowest BCUT2D eigenvalue weighted by Crippen LogP contribution is -2.06. The zero-order chi connectivity index (χ0) is 19.1. The summed E-state index contributed by atoms with van der Waals surface area (Å²) in [5.41, 5.74) is 3.23. The van der Waals surface area contributed by atoms with Crippen LogP contribution >= 0.6 is 11.3 Å². The lowest BCUT2D eigenvalue weighted by molar-refractivity contribution is -0.134. The first-order valence-electron chi connectivity index (χ1n) is 8.72. The molecule has 3 rings (SSSR count). The number of nitriles is 1. The van der Waals surface area contributed by atoms with Gasteiger partial charge in [0.2, 0.25) is 0 Å². The van der Waals surface area contributed by atoms with Crippen LogP contribution in [0.1, 0.15) is 24.6 Å². The second-order valence-corrected chi connectivity index (χ2v) is 7.04. The lowest BCUT2D eigenvalue weighted by Gasteiger charge is -2.06. The van der Waals surface area contributed by atoms with Gasteiger partial charge in [0.15, 0.2) is 0 Å². The smallest absolute Gasteiger partial charge is 0.311 e. The Hall–Kier alpha value is -3.16. The molecular weight excluding hydrogens is 354 g/mol. The van der Waals surface area contributed by atoms with Gasteiger partial charge in [-0.05, 0) is 54.3 Å². The molecule has 0 aliphatic rings. The predicted molar refractivity (Wildman–Crippen MR) is 110 cm³/mol. The third-order valence-electron chi connectivity index (χ3n) is 4.06. The molecule has 3 nitrogen and oxygen atoms in total. The molecule has 0 spiro atoms. The SMILES string of the molecule is C/C=C/CCC(=O)Oc1ccc(-c2ccc(-c3ccc(C#N)s3)cc2)cc1. The predicted octanol–water partition coefficient (Wildman–Crippen LogP) is 6.22. The van der Waals surface area contributed by atoms with Crippen molar-refractivity contribution in [3.63, 3.8) is 0 Å². The first-order valence-corrected chi connectivity index (χ1v) is 9.54. The molecule has 2 aromatic carbocycles. The quantitative estimate of drug-likeness (QED) is 0.293. The Morgan fingerprint density at radius 2 is 1.63 bits per heavy atom. The largest absolute Gasteiger partial charge is 0.427 e. The highest BCUT2D eigenvalue weighted by Crippen LogP contribution is 2.30. The molecule has 0 aliphatic carbocycles. The molecule has 1 aromatic heterocycles. The van der Waals surface area contributed by atoms with Crippen molar-refractivity contribution in [1.82, 2.24) is 0 Å². The topological polar surface area (TPSA) is 50.1 Å². The number of esters is 1. The number of nitrogens with zero attached hydrogens (tertiary/aromatic N) is 1. The van der Waals surface area contributed by atoms with E-state index in [1.54, 1.807) is 0 Å². The molecule has 0 atom stereocenters. The van der Waals surface area contributed by atoms with Gasteiger partial charge in [0.1, 0.15) is 16.7 Å². The molecular formula is C23H19NO2S. The Kier molecular flexibility index (Phi) is 6.19. The summed E-state index contributed by atoms with van der Waals surface area (Å²) in [6, 6.07) is 21.7. The summed E-state index contributed by atoms with van der Waals surface area (Å²) in [6.45, 7) is 1.93. The monoisotopic (exact) mass is 373 g/mol. The van der Waals surface area contributed by atoms with Crippen molar-refractivity contribution in [1.29, 1.82) is 5.26 Å². The number of ether oxygens (including phenoxy) is 1. The van der Waals surface area contributed by atoms with Gasteiger partial charge < -0.3 is 4.74 Å². The maximum absolute atomic E-state index is 11.8. The molecule has 0 aliphatic heterocycles. The fourth-order valence-electron chi connectivity index (χ4n) is 2.65. The Morgan fingerprint density at radius 1 is 1.00 bits per heavy atom. The van der Waals surface area contributed by atoms with Crippen molar-refractivity contribution in [2.45, 2.75) is 19.8 Å². The number of benzene rings is 2. The van der Waals surface area contributed by atoms with Crippen LogP contribution in [0.3, 0.4) is 0 Å². The molecule has 27 heavy (non-hydrogen) atoms. The average molecular weight is 373 g/mol. The van der Waals surface area contributed by atoms with Gasteiger partial charge in [0.05, 0.1) is 0 Å². The summed E-state index contributed by atoms with van der Waals surface area (Å²) in [5.74, 6) is 0.335. The Balaban J connectivity index is 1.66. The van der Waals surface area contributed by atoms with Crippen molar-refractivity contribution in [3.05, 3.63) is 77.7 Å². The van der Waals surface area contributed by atoms with Crippen LogP contribution in [0.5, 0.6) is 5.75 Å². The van der Waals surface area contributed by atoms with Gasteiger partial charge in [-0.3, -0.25) is 4.79 Å². The molecule has 0 N–H and O–H groups in total. The number of allylic oxidation sites excluding steroid dienone is 2. The molecule has 3 aromatic rings. The number of carbonyl (C=O) groups excluding carboxylic acids is 1. The highest BCUT2D eigenvalue weighted by molar-refractivity contribution is 7.16. The molecule has 0 unspecified atom stereocenters. The number of hydrogen-bond donors (Lipinski definition) is 0. The van der Waals surface area contributed by atoms with Gasteiger partial charge in [0.25, 0.3) is 0 Å². The summed E-state index contributed by atoms with van der Waals surface area (Å²) in [5, 5.41) is 8.95. The van der Waals surface area contributed by atoms with Gasteiger partial charge in [-0.2, -0.15) is 5.26 Å². The van der Waals surface area contributed by atoms with E-state index < -0.39 is 0 Å². The molecule has 1 heterocycles. The van der Waals surface area contributed by atoms with Crippen molar-refractivity contribution in [3.8, 4) is 33.4 Å². The van der Waals surface area contributed by atoms with Crippen LogP contribution in [0.15, 0.2) is 72.8 Å². The zero-order valence-corrected chi connectivity index (χ0v) is 15.8. The second kappa shape index (κ2) is 8.98. The van der Waals surface area contributed by atoms with E-state index in [0.717, 1.165) is 21.6 Å². The first kappa shape index (κ1) is 18.6. The normalized spacial score (nSPS) is 10.7. The molecule has 0 bridgehead atoms. The fourth-order valence-corrected chi connectivity index (χ4v) is 3.45. The van der Waals surface area contributed by atoms with Gasteiger partial charge >= 0.3 is 5.97 Å². The van der Waals surface area contributed by atoms with Crippen molar-refractivity contribution < 1.29 is 9.53 Å². The Labute approximate surface area is 163 Å². The second-order valence-electron chi connectivity index (χ2n) is 5.96. The van der Waals surface area contributed by atoms with Gasteiger partial charge in [-0.25, -0.2) is 0 Å². The van der Waals surface area contributed by atoms with E-state index in [1.165, 1.54) is 11.3 Å². The van der Waals surface area contributed by atoms with Gasteiger partial charge in [-0.15, -0.1) is 11.3 Å². The maximum Gasteiger partial charge on any atom is 0.311 e. The highest BCUT2D eigenvalue weighted by atomic mass is 32.1. The molecule has 4 heteroatoms. The van der Waals surface area contributed by atoms with E-state index >= 15 is 0 Å². The third-order valence-corrected chi connectivity index (χ3v) is 5.09.